The zero-order valence-electron chi connectivity index (χ0n) is 29.6. The minimum Gasteiger partial charge on any atom is -0.490 e. The van der Waals surface area contributed by atoms with Crippen molar-refractivity contribution in [3.8, 4) is 17.2 Å². The van der Waals surface area contributed by atoms with E-state index in [2.05, 4.69) is 13.2 Å². The number of hydrogen-bond acceptors (Lipinski definition) is 6. The number of amides is 1. The van der Waals surface area contributed by atoms with E-state index in [1.54, 1.807) is 49.9 Å². The van der Waals surface area contributed by atoms with Crippen LogP contribution in [0.2, 0.25) is 0 Å². The molecule has 2 aliphatic rings. The Balaban J connectivity index is 1.70. The fourth-order valence-corrected chi connectivity index (χ4v) is 7.65. The number of carboxylic acids is 1. The second-order valence-corrected chi connectivity index (χ2v) is 13.5. The maximum atomic E-state index is 16.2. The number of hydrogen-bond donors (Lipinski definition) is 1. The van der Waals surface area contributed by atoms with Crippen LogP contribution < -0.4 is 19.1 Å². The van der Waals surface area contributed by atoms with Crippen molar-refractivity contribution in [3.05, 3.63) is 72.3 Å². The second kappa shape index (κ2) is 15.9. The van der Waals surface area contributed by atoms with Crippen molar-refractivity contribution in [1.82, 2.24) is 0 Å². The molecule has 8 nitrogen and oxygen atoms in total. The van der Waals surface area contributed by atoms with Gasteiger partial charge in [0.05, 0.1) is 18.8 Å². The molecule has 1 saturated carbocycles. The van der Waals surface area contributed by atoms with Crippen molar-refractivity contribution in [3.63, 3.8) is 0 Å². The summed E-state index contributed by atoms with van der Waals surface area (Å²) in [6.07, 6.45) is -1.58. The van der Waals surface area contributed by atoms with Crippen LogP contribution in [0.4, 0.5) is 23.2 Å². The van der Waals surface area contributed by atoms with E-state index in [4.69, 9.17) is 14.2 Å². The molecule has 5 atom stereocenters. The van der Waals surface area contributed by atoms with Gasteiger partial charge in [-0.25, -0.2) is 9.18 Å². The molecule has 278 valence electrons. The van der Waals surface area contributed by atoms with Crippen LogP contribution in [0.5, 0.6) is 17.2 Å². The summed E-state index contributed by atoms with van der Waals surface area (Å²) in [6.45, 7) is 13.7. The maximum Gasteiger partial charge on any atom is 0.422 e. The van der Waals surface area contributed by atoms with Gasteiger partial charge in [-0.05, 0) is 117 Å². The van der Waals surface area contributed by atoms with Gasteiger partial charge in [-0.1, -0.05) is 27.0 Å². The summed E-state index contributed by atoms with van der Waals surface area (Å²) < 4.78 is 72.3. The van der Waals surface area contributed by atoms with Crippen molar-refractivity contribution in [2.45, 2.75) is 84.0 Å². The molecule has 0 bridgehead atoms. The molecule has 1 saturated heterocycles. The van der Waals surface area contributed by atoms with E-state index < -0.39 is 35.6 Å². The van der Waals surface area contributed by atoms with Crippen LogP contribution in [0.1, 0.15) is 88.1 Å². The minimum atomic E-state index is -4.57. The number of ether oxygens (including phenoxy) is 3. The number of allylic oxidation sites excluding steroid dienone is 2. The second-order valence-electron chi connectivity index (χ2n) is 13.5. The first-order chi connectivity index (χ1) is 24.0. The Morgan fingerprint density at radius 1 is 1.06 bits per heavy atom. The van der Waals surface area contributed by atoms with Crippen LogP contribution in [0.3, 0.4) is 0 Å². The SMILES string of the molecule is C=CC(=O)C(F)(CC)C(=C)CC1CC(C(C)c2cc(OCC)c(OCC(F)(F)F)c(OCC)c2)CCC12CC(=O)N(c1ccc(C(=O)O)cc1)C2. The van der Waals surface area contributed by atoms with Crippen LogP contribution in [0.25, 0.3) is 0 Å². The molecule has 0 aromatic heterocycles. The lowest BCUT2D eigenvalue weighted by molar-refractivity contribution is -0.153. The number of ketones is 1. The molecule has 1 heterocycles. The molecule has 1 amide bonds. The highest BCUT2D eigenvalue weighted by molar-refractivity contribution is 5.99. The van der Waals surface area contributed by atoms with Gasteiger partial charge in [-0.3, -0.25) is 9.59 Å². The van der Waals surface area contributed by atoms with Crippen molar-refractivity contribution in [1.29, 1.82) is 0 Å². The Bertz CT molecular complexity index is 1600. The topological polar surface area (TPSA) is 102 Å². The van der Waals surface area contributed by atoms with Crippen LogP contribution >= 0.6 is 0 Å². The van der Waals surface area contributed by atoms with Gasteiger partial charge in [0.2, 0.25) is 11.7 Å². The van der Waals surface area contributed by atoms with Crippen molar-refractivity contribution in [2.75, 3.05) is 31.3 Å². The molecule has 1 aliphatic heterocycles. The summed E-state index contributed by atoms with van der Waals surface area (Å²) in [5.41, 5.74) is -1.37. The van der Waals surface area contributed by atoms with Gasteiger partial charge >= 0.3 is 12.1 Å². The standard InChI is InChI=1S/C39H47F4NO7/c1-7-33(45)38(40,8-2)24(5)17-29-18-27(15-16-37(29)21-34(46)44(22-37)30-13-11-26(12-14-30)36(47)48)25(6)28-19-31(49-9-3)35(32(20-28)50-10-4)51-23-39(41,42)43/h7,11-14,19-20,25,27,29H,1,5,8-10,15-18,21-23H2,2-4,6H3,(H,47,48). The fraction of sp³-hybridized carbons (Fsp3) is 0.513. The summed E-state index contributed by atoms with van der Waals surface area (Å²) in [4.78, 5) is 39.4. The molecular formula is C39H47F4NO7. The Kier molecular flexibility index (Phi) is 12.3. The van der Waals surface area contributed by atoms with Crippen molar-refractivity contribution in [2.24, 2.45) is 17.3 Å². The third-order valence-corrected chi connectivity index (χ3v) is 10.5. The number of nitrogens with zero attached hydrogens (tertiary/aromatic N) is 1. The molecule has 2 fully saturated rings. The average Bonchev–Trinajstić information content (AvgIpc) is 3.43. The number of aromatic carboxylic acids is 1. The lowest BCUT2D eigenvalue weighted by atomic mass is 9.58. The number of benzene rings is 2. The van der Waals surface area contributed by atoms with Gasteiger partial charge in [0.25, 0.3) is 0 Å². The Labute approximate surface area is 296 Å². The summed E-state index contributed by atoms with van der Waals surface area (Å²) in [7, 11) is 0. The Morgan fingerprint density at radius 3 is 2.18 bits per heavy atom. The smallest absolute Gasteiger partial charge is 0.422 e. The zero-order valence-corrected chi connectivity index (χ0v) is 29.6. The fourth-order valence-electron chi connectivity index (χ4n) is 7.65. The van der Waals surface area contributed by atoms with E-state index in [-0.39, 0.29) is 84.5 Å². The molecule has 2 aromatic carbocycles. The molecule has 2 aromatic rings. The number of carbonyl (C=O) groups excluding carboxylic acids is 2. The number of carbonyl (C=O) groups is 3. The van der Waals surface area contributed by atoms with Gasteiger partial charge in [0, 0.05) is 24.1 Å². The van der Waals surface area contributed by atoms with E-state index in [9.17, 15) is 32.7 Å². The summed E-state index contributed by atoms with van der Waals surface area (Å²) in [5, 5.41) is 9.35. The summed E-state index contributed by atoms with van der Waals surface area (Å²) in [5.74, 6) is -2.31. The highest BCUT2D eigenvalue weighted by Crippen LogP contribution is 2.56. The molecule has 4 rings (SSSR count). The predicted molar refractivity (Wildman–Crippen MR) is 185 cm³/mol. The summed E-state index contributed by atoms with van der Waals surface area (Å²) in [6, 6.07) is 9.44. The van der Waals surface area contributed by atoms with E-state index in [1.807, 2.05) is 6.92 Å². The van der Waals surface area contributed by atoms with Crippen molar-refractivity contribution >= 4 is 23.3 Å². The molecule has 5 unspecified atom stereocenters. The molecule has 1 spiro atoms. The Hall–Kier alpha value is -4.35. The molecule has 51 heavy (non-hydrogen) atoms. The van der Waals surface area contributed by atoms with E-state index in [0.717, 1.165) is 11.6 Å². The minimum absolute atomic E-state index is 0.0101. The third kappa shape index (κ3) is 8.59. The van der Waals surface area contributed by atoms with E-state index in [1.165, 1.54) is 12.1 Å². The zero-order chi connectivity index (χ0) is 37.7. The monoisotopic (exact) mass is 717 g/mol. The molecule has 0 radical (unpaired) electrons. The third-order valence-electron chi connectivity index (χ3n) is 10.5. The first kappa shape index (κ1) is 39.4. The van der Waals surface area contributed by atoms with Crippen molar-refractivity contribution < 1.29 is 51.3 Å². The predicted octanol–water partition coefficient (Wildman–Crippen LogP) is 8.89. The Morgan fingerprint density at radius 2 is 1.67 bits per heavy atom. The van der Waals surface area contributed by atoms with Gasteiger partial charge in [-0.2, -0.15) is 13.2 Å². The number of anilines is 1. The van der Waals surface area contributed by atoms with Crippen LogP contribution in [-0.4, -0.2) is 61.0 Å². The molecule has 1 N–H and O–H groups in total. The molecule has 12 heteroatoms. The highest BCUT2D eigenvalue weighted by atomic mass is 19.4. The van der Waals surface area contributed by atoms with Gasteiger partial charge in [0.1, 0.15) is 0 Å². The first-order valence-electron chi connectivity index (χ1n) is 17.3. The average molecular weight is 718 g/mol. The number of halogens is 4. The van der Waals surface area contributed by atoms with Crippen LogP contribution in [0.15, 0.2) is 61.2 Å². The first-order valence-corrected chi connectivity index (χ1v) is 17.3. The highest BCUT2D eigenvalue weighted by Gasteiger charge is 2.53. The van der Waals surface area contributed by atoms with E-state index in [0.29, 0.717) is 31.5 Å². The van der Waals surface area contributed by atoms with Gasteiger partial charge in [-0.15, -0.1) is 0 Å². The molecule has 1 aliphatic carbocycles. The van der Waals surface area contributed by atoms with Gasteiger partial charge in [0.15, 0.2) is 29.6 Å². The number of alkyl halides is 4. The number of rotatable bonds is 16. The van der Waals surface area contributed by atoms with E-state index >= 15 is 4.39 Å². The quantitative estimate of drug-likeness (QED) is 0.105. The lowest BCUT2D eigenvalue weighted by Crippen LogP contribution is -2.42. The normalized spacial score (nSPS) is 22.3. The van der Waals surface area contributed by atoms with Crippen LogP contribution in [0, 0.1) is 17.3 Å². The van der Waals surface area contributed by atoms with Gasteiger partial charge < -0.3 is 24.2 Å². The maximum absolute atomic E-state index is 16.2. The molecular weight excluding hydrogens is 670 g/mol. The number of carboxylic acid groups (broad SMARTS) is 1. The largest absolute Gasteiger partial charge is 0.490 e. The van der Waals surface area contributed by atoms with Crippen LogP contribution in [-0.2, 0) is 9.59 Å². The lowest BCUT2D eigenvalue weighted by Gasteiger charge is -2.46. The summed E-state index contributed by atoms with van der Waals surface area (Å²) >= 11 is 0.